The second-order valence-electron chi connectivity index (χ2n) is 3.35. The molecule has 0 fully saturated rings. The highest BCUT2D eigenvalue weighted by Gasteiger charge is 2.06. The topological polar surface area (TPSA) is 54.0 Å². The minimum absolute atomic E-state index is 0.144. The minimum Gasteiger partial charge on any atom is -0.287 e. The second kappa shape index (κ2) is 6.14. The Labute approximate surface area is 90.1 Å². The molecular formula is C11H17N3O. The van der Waals surface area contributed by atoms with E-state index in [1.54, 1.807) is 24.5 Å². The van der Waals surface area contributed by atoms with Gasteiger partial charge >= 0.3 is 0 Å². The molecule has 0 aliphatic heterocycles. The average Bonchev–Trinajstić information content (AvgIpc) is 2.31. The number of carbonyl (C=O) groups excluding carboxylic acids is 1. The maximum Gasteiger partial charge on any atom is 0.266 e. The van der Waals surface area contributed by atoms with Crippen molar-refractivity contribution in [2.45, 2.75) is 32.7 Å². The zero-order valence-corrected chi connectivity index (χ0v) is 9.16. The highest BCUT2D eigenvalue weighted by Crippen LogP contribution is 1.96. The molecule has 1 amide bonds. The first-order valence-electron chi connectivity index (χ1n) is 5.23. The number of amides is 1. The molecule has 2 N–H and O–H groups in total. The maximum atomic E-state index is 11.6. The molecule has 4 heteroatoms. The number of pyridine rings is 1. The van der Waals surface area contributed by atoms with Gasteiger partial charge in [-0.15, -0.1) is 0 Å². The number of nitrogens with one attached hydrogen (secondary N) is 2. The Kier molecular flexibility index (Phi) is 4.77. The summed E-state index contributed by atoms with van der Waals surface area (Å²) in [6.07, 6.45) is 5.17. The first-order chi connectivity index (χ1) is 7.27. The fourth-order valence-electron chi connectivity index (χ4n) is 1.23. The maximum absolute atomic E-state index is 11.6. The molecule has 0 aromatic carbocycles. The molecule has 0 unspecified atom stereocenters. The molecule has 0 saturated carbocycles. The van der Waals surface area contributed by atoms with Gasteiger partial charge in [0, 0.05) is 18.4 Å². The van der Waals surface area contributed by atoms with E-state index in [0.29, 0.717) is 11.6 Å². The monoisotopic (exact) mass is 207 g/mol. The van der Waals surface area contributed by atoms with Crippen molar-refractivity contribution in [1.82, 2.24) is 15.8 Å². The Hall–Kier alpha value is -1.42. The van der Waals surface area contributed by atoms with Crippen LogP contribution in [-0.4, -0.2) is 16.9 Å². The summed E-state index contributed by atoms with van der Waals surface area (Å²) in [5.74, 6) is -0.144. The number of hydrogen-bond donors (Lipinski definition) is 2. The normalized spacial score (nSPS) is 10.3. The fourth-order valence-corrected chi connectivity index (χ4v) is 1.23. The molecule has 15 heavy (non-hydrogen) atoms. The Morgan fingerprint density at radius 3 is 2.73 bits per heavy atom. The van der Waals surface area contributed by atoms with Gasteiger partial charge in [-0.05, 0) is 25.0 Å². The van der Waals surface area contributed by atoms with Gasteiger partial charge in [-0.25, -0.2) is 5.43 Å². The molecule has 0 aliphatic carbocycles. The van der Waals surface area contributed by atoms with Crippen LogP contribution in [0, 0.1) is 0 Å². The molecule has 82 valence electrons. The molecule has 0 radical (unpaired) electrons. The van der Waals surface area contributed by atoms with Crippen molar-refractivity contribution in [2.75, 3.05) is 0 Å². The smallest absolute Gasteiger partial charge is 0.266 e. The zero-order chi connectivity index (χ0) is 11.1. The summed E-state index contributed by atoms with van der Waals surface area (Å²) in [5, 5.41) is 0. The van der Waals surface area contributed by atoms with Crippen LogP contribution < -0.4 is 10.9 Å². The third kappa shape index (κ3) is 3.67. The molecule has 0 aliphatic rings. The summed E-state index contributed by atoms with van der Waals surface area (Å²) in [5.41, 5.74) is 6.23. The molecule has 1 heterocycles. The van der Waals surface area contributed by atoms with E-state index in [4.69, 9.17) is 0 Å². The third-order valence-corrected chi connectivity index (χ3v) is 2.30. The van der Waals surface area contributed by atoms with Crippen LogP contribution in [0.3, 0.4) is 0 Å². The largest absolute Gasteiger partial charge is 0.287 e. The molecule has 1 aromatic heterocycles. The summed E-state index contributed by atoms with van der Waals surface area (Å²) < 4.78 is 0. The van der Waals surface area contributed by atoms with Crippen molar-refractivity contribution >= 4 is 5.91 Å². The van der Waals surface area contributed by atoms with Gasteiger partial charge in [0.05, 0.1) is 5.56 Å². The van der Waals surface area contributed by atoms with Crippen LogP contribution in [0.25, 0.3) is 0 Å². The van der Waals surface area contributed by atoms with Gasteiger partial charge in [-0.3, -0.25) is 15.2 Å². The van der Waals surface area contributed by atoms with E-state index >= 15 is 0 Å². The minimum atomic E-state index is -0.144. The summed E-state index contributed by atoms with van der Waals surface area (Å²) in [7, 11) is 0. The Balaban J connectivity index is 2.43. The molecule has 0 spiro atoms. The lowest BCUT2D eigenvalue weighted by Gasteiger charge is -2.15. The van der Waals surface area contributed by atoms with Crippen molar-refractivity contribution in [3.05, 3.63) is 30.1 Å². The molecule has 0 atom stereocenters. The van der Waals surface area contributed by atoms with Gasteiger partial charge in [-0.1, -0.05) is 13.8 Å². The van der Waals surface area contributed by atoms with Crippen LogP contribution in [0.15, 0.2) is 24.5 Å². The van der Waals surface area contributed by atoms with Crippen LogP contribution >= 0.6 is 0 Å². The lowest BCUT2D eigenvalue weighted by Crippen LogP contribution is -2.43. The lowest BCUT2D eigenvalue weighted by atomic mass is 10.2. The zero-order valence-electron chi connectivity index (χ0n) is 9.16. The van der Waals surface area contributed by atoms with E-state index in [9.17, 15) is 4.79 Å². The number of hydrogen-bond acceptors (Lipinski definition) is 3. The van der Waals surface area contributed by atoms with E-state index < -0.39 is 0 Å². The van der Waals surface area contributed by atoms with E-state index in [0.717, 1.165) is 12.8 Å². The van der Waals surface area contributed by atoms with E-state index in [-0.39, 0.29) is 5.91 Å². The highest BCUT2D eigenvalue weighted by atomic mass is 16.2. The van der Waals surface area contributed by atoms with Crippen LogP contribution in [0.4, 0.5) is 0 Å². The van der Waals surface area contributed by atoms with E-state index in [1.807, 2.05) is 0 Å². The average molecular weight is 207 g/mol. The molecular weight excluding hydrogens is 190 g/mol. The van der Waals surface area contributed by atoms with Crippen molar-refractivity contribution in [1.29, 1.82) is 0 Å². The van der Waals surface area contributed by atoms with Crippen LogP contribution in [-0.2, 0) is 0 Å². The highest BCUT2D eigenvalue weighted by molar-refractivity contribution is 5.93. The number of carbonyl (C=O) groups is 1. The van der Waals surface area contributed by atoms with Crippen molar-refractivity contribution in [3.63, 3.8) is 0 Å². The predicted molar refractivity (Wildman–Crippen MR) is 59.2 cm³/mol. The van der Waals surface area contributed by atoms with Crippen molar-refractivity contribution in [2.24, 2.45) is 0 Å². The van der Waals surface area contributed by atoms with Crippen LogP contribution in [0.1, 0.15) is 37.0 Å². The third-order valence-electron chi connectivity index (χ3n) is 2.30. The summed E-state index contributed by atoms with van der Waals surface area (Å²) in [6, 6.07) is 3.80. The summed E-state index contributed by atoms with van der Waals surface area (Å²) >= 11 is 0. The quantitative estimate of drug-likeness (QED) is 0.719. The van der Waals surface area contributed by atoms with E-state index in [1.165, 1.54) is 0 Å². The summed E-state index contributed by atoms with van der Waals surface area (Å²) in [6.45, 7) is 4.16. The SMILES string of the molecule is CCC(CC)NNC(=O)c1cccnc1. The standard InChI is InChI=1S/C11H17N3O/c1-3-10(4-2)13-14-11(15)9-6-5-7-12-8-9/h5-8,10,13H,3-4H2,1-2H3,(H,14,15). The van der Waals surface area contributed by atoms with Crippen LogP contribution in [0.2, 0.25) is 0 Å². The predicted octanol–water partition coefficient (Wildman–Crippen LogP) is 1.50. The number of rotatable bonds is 5. The molecule has 4 nitrogen and oxygen atoms in total. The number of hydrazine groups is 1. The van der Waals surface area contributed by atoms with Crippen molar-refractivity contribution in [3.8, 4) is 0 Å². The molecule has 0 saturated heterocycles. The van der Waals surface area contributed by atoms with Gasteiger partial charge in [0.25, 0.3) is 5.91 Å². The Bertz CT molecular complexity index is 296. The van der Waals surface area contributed by atoms with Gasteiger partial charge in [-0.2, -0.15) is 0 Å². The number of nitrogens with zero attached hydrogens (tertiary/aromatic N) is 1. The van der Waals surface area contributed by atoms with Gasteiger partial charge in [0.15, 0.2) is 0 Å². The van der Waals surface area contributed by atoms with Crippen molar-refractivity contribution < 1.29 is 4.79 Å². The van der Waals surface area contributed by atoms with Gasteiger partial charge in [0.2, 0.25) is 0 Å². The fraction of sp³-hybridized carbons (Fsp3) is 0.455. The first-order valence-corrected chi connectivity index (χ1v) is 5.23. The summed E-state index contributed by atoms with van der Waals surface area (Å²) in [4.78, 5) is 15.5. The van der Waals surface area contributed by atoms with Gasteiger partial charge < -0.3 is 0 Å². The second-order valence-corrected chi connectivity index (χ2v) is 3.35. The molecule has 1 rings (SSSR count). The van der Waals surface area contributed by atoms with E-state index in [2.05, 4.69) is 29.7 Å². The lowest BCUT2D eigenvalue weighted by molar-refractivity contribution is 0.0923. The molecule has 0 bridgehead atoms. The number of aromatic nitrogens is 1. The Morgan fingerprint density at radius 2 is 2.20 bits per heavy atom. The Morgan fingerprint density at radius 1 is 1.47 bits per heavy atom. The van der Waals surface area contributed by atoms with Gasteiger partial charge in [0.1, 0.15) is 0 Å². The van der Waals surface area contributed by atoms with Crippen LogP contribution in [0.5, 0.6) is 0 Å². The molecule has 1 aromatic rings. The first kappa shape index (κ1) is 11.7.